The van der Waals surface area contributed by atoms with Crippen LogP contribution in [0.15, 0.2) is 57.9 Å². The van der Waals surface area contributed by atoms with E-state index < -0.39 is 9.84 Å². The molecule has 1 unspecified atom stereocenters. The van der Waals surface area contributed by atoms with Crippen molar-refractivity contribution in [2.75, 3.05) is 39.6 Å². The minimum Gasteiger partial charge on any atom is -0.497 e. The fourth-order valence-corrected chi connectivity index (χ4v) is 5.44. The van der Waals surface area contributed by atoms with Crippen molar-refractivity contribution in [3.05, 3.63) is 59.8 Å². The number of carbonyl (C=O) groups excluding carboxylic acids is 1. The number of nitrogens with zero attached hydrogens (tertiary/aromatic N) is 2. The first-order valence-corrected chi connectivity index (χ1v) is 14.1. The van der Waals surface area contributed by atoms with E-state index in [9.17, 15) is 13.2 Å². The highest BCUT2D eigenvalue weighted by atomic mass is 32.2. The summed E-state index contributed by atoms with van der Waals surface area (Å²) in [5.41, 5.74) is 1.73. The van der Waals surface area contributed by atoms with Gasteiger partial charge in [0.1, 0.15) is 11.5 Å². The Morgan fingerprint density at radius 3 is 2.43 bits per heavy atom. The molecule has 0 bridgehead atoms. The lowest BCUT2D eigenvalue weighted by Gasteiger charge is -2.35. The summed E-state index contributed by atoms with van der Waals surface area (Å²) in [4.78, 5) is 15.6. The maximum atomic E-state index is 13.0. The van der Waals surface area contributed by atoms with Crippen molar-refractivity contribution in [1.82, 2.24) is 15.4 Å². The number of methoxy groups -OCH3 is 2. The molecule has 0 radical (unpaired) electrons. The summed E-state index contributed by atoms with van der Waals surface area (Å²) < 4.78 is 40.6. The highest BCUT2D eigenvalue weighted by Crippen LogP contribution is 2.34. The summed E-state index contributed by atoms with van der Waals surface area (Å²) in [6.45, 7) is 3.82. The number of aromatic nitrogens is 1. The van der Waals surface area contributed by atoms with Crippen LogP contribution < -0.4 is 14.8 Å². The molecule has 2 heterocycles. The van der Waals surface area contributed by atoms with Crippen LogP contribution in [0.1, 0.15) is 48.3 Å². The van der Waals surface area contributed by atoms with Gasteiger partial charge in [0.05, 0.1) is 30.9 Å². The van der Waals surface area contributed by atoms with Gasteiger partial charge < -0.3 is 19.3 Å². The molecular weight excluding hydrogens is 494 g/mol. The van der Waals surface area contributed by atoms with E-state index >= 15 is 0 Å². The van der Waals surface area contributed by atoms with Gasteiger partial charge in [-0.25, -0.2) is 8.42 Å². The van der Waals surface area contributed by atoms with Crippen molar-refractivity contribution in [2.45, 2.75) is 37.1 Å². The lowest BCUT2D eigenvalue weighted by molar-refractivity contribution is 0.0914. The Kier molecular flexibility index (Phi) is 8.50. The number of amides is 1. The molecule has 1 aromatic heterocycles. The average molecular weight is 528 g/mol. The van der Waals surface area contributed by atoms with Crippen LogP contribution in [-0.4, -0.2) is 64.0 Å². The number of hydrogen-bond donors (Lipinski definition) is 1. The molecule has 1 fully saturated rings. The molecule has 1 saturated heterocycles. The molecule has 9 nitrogen and oxygen atoms in total. The molecule has 10 heteroatoms. The number of nitrogens with one attached hydrogen (secondary N) is 1. The number of carbonyl (C=O) groups is 1. The van der Waals surface area contributed by atoms with E-state index in [1.165, 1.54) is 18.6 Å². The summed E-state index contributed by atoms with van der Waals surface area (Å²) in [7, 11) is -0.0301. The molecule has 1 N–H and O–H groups in total. The first-order chi connectivity index (χ1) is 17.9. The third kappa shape index (κ3) is 6.14. The van der Waals surface area contributed by atoms with Gasteiger partial charge >= 0.3 is 0 Å². The second-order valence-electron chi connectivity index (χ2n) is 8.93. The van der Waals surface area contributed by atoms with Gasteiger partial charge in [0.15, 0.2) is 21.3 Å². The number of piperidine rings is 1. The maximum Gasteiger partial charge on any atom is 0.273 e. The van der Waals surface area contributed by atoms with Crippen LogP contribution in [0.25, 0.3) is 11.3 Å². The van der Waals surface area contributed by atoms with E-state index in [1.54, 1.807) is 39.3 Å². The monoisotopic (exact) mass is 527 g/mol. The number of sulfone groups is 1. The van der Waals surface area contributed by atoms with Gasteiger partial charge in [-0.15, -0.1) is 0 Å². The lowest BCUT2D eigenvalue weighted by Crippen LogP contribution is -2.40. The van der Waals surface area contributed by atoms with E-state index in [2.05, 4.69) is 15.4 Å². The highest BCUT2D eigenvalue weighted by Gasteiger charge is 2.27. The fraction of sp³-hybridized carbons (Fsp3) is 0.407. The Bertz CT molecular complexity index is 1310. The molecule has 1 aliphatic heterocycles. The fourth-order valence-electron chi connectivity index (χ4n) is 4.56. The summed E-state index contributed by atoms with van der Waals surface area (Å²) in [5, 5.41) is 6.95. The van der Waals surface area contributed by atoms with E-state index in [4.69, 9.17) is 14.0 Å². The average Bonchev–Trinajstić information content (AvgIpc) is 3.44. The standard InChI is InChI=1S/C27H33N3O6S/c1-4-37(32,33)21-11-8-19(9-12-21)26-17-23(29-36-26)27(31)28-18-24(30-14-6-5-7-15-30)22-16-20(34-2)10-13-25(22)35-3/h8-13,16-17,24H,4-7,14-15,18H2,1-3H3,(H,28,31). The van der Waals surface area contributed by atoms with E-state index in [0.717, 1.165) is 43.0 Å². The summed E-state index contributed by atoms with van der Waals surface area (Å²) >= 11 is 0. The van der Waals surface area contributed by atoms with Crippen LogP contribution in [0.4, 0.5) is 0 Å². The van der Waals surface area contributed by atoms with Crippen LogP contribution >= 0.6 is 0 Å². The molecule has 1 aliphatic rings. The first kappa shape index (κ1) is 26.7. The number of rotatable bonds is 10. The molecule has 4 rings (SSSR count). The molecule has 0 spiro atoms. The molecule has 0 aliphatic carbocycles. The summed E-state index contributed by atoms with van der Waals surface area (Å²) in [6, 6.07) is 13.5. The van der Waals surface area contributed by atoms with Crippen molar-refractivity contribution in [1.29, 1.82) is 0 Å². The van der Waals surface area contributed by atoms with Crippen LogP contribution in [0.3, 0.4) is 0 Å². The van der Waals surface area contributed by atoms with Crippen LogP contribution in [0.5, 0.6) is 11.5 Å². The summed E-state index contributed by atoms with van der Waals surface area (Å²) in [6.07, 6.45) is 3.39. The molecule has 37 heavy (non-hydrogen) atoms. The van der Waals surface area contributed by atoms with Gasteiger partial charge in [-0.05, 0) is 68.4 Å². The van der Waals surface area contributed by atoms with Gasteiger partial charge in [0, 0.05) is 23.7 Å². The third-order valence-corrected chi connectivity index (χ3v) is 8.45. The van der Waals surface area contributed by atoms with Crippen molar-refractivity contribution in [3.8, 4) is 22.8 Å². The Labute approximate surface area is 217 Å². The van der Waals surface area contributed by atoms with E-state index in [0.29, 0.717) is 17.9 Å². The molecule has 0 saturated carbocycles. The quantitative estimate of drug-likeness (QED) is 0.419. The van der Waals surface area contributed by atoms with Gasteiger partial charge in [-0.1, -0.05) is 18.5 Å². The summed E-state index contributed by atoms with van der Waals surface area (Å²) in [5.74, 6) is 1.52. The zero-order chi connectivity index (χ0) is 26.4. The minimum absolute atomic E-state index is 0.0268. The van der Waals surface area contributed by atoms with Crippen molar-refractivity contribution < 1.29 is 27.2 Å². The van der Waals surface area contributed by atoms with Crippen LogP contribution in [-0.2, 0) is 9.84 Å². The number of benzene rings is 2. The van der Waals surface area contributed by atoms with Crippen molar-refractivity contribution in [2.24, 2.45) is 0 Å². The maximum absolute atomic E-state index is 13.0. The van der Waals surface area contributed by atoms with Gasteiger partial charge in [0.25, 0.3) is 5.91 Å². The molecule has 1 atom stereocenters. The molecule has 3 aromatic rings. The van der Waals surface area contributed by atoms with Crippen LogP contribution in [0, 0.1) is 0 Å². The van der Waals surface area contributed by atoms with Gasteiger partial charge in [-0.3, -0.25) is 9.69 Å². The van der Waals surface area contributed by atoms with E-state index in [1.807, 2.05) is 18.2 Å². The molecule has 1 amide bonds. The first-order valence-electron chi connectivity index (χ1n) is 12.4. The normalized spacial score (nSPS) is 15.2. The third-order valence-electron chi connectivity index (χ3n) is 6.70. The zero-order valence-corrected chi connectivity index (χ0v) is 22.2. The number of ether oxygens (including phenoxy) is 2. The zero-order valence-electron chi connectivity index (χ0n) is 21.4. The predicted molar refractivity (Wildman–Crippen MR) is 140 cm³/mol. The van der Waals surface area contributed by atoms with E-state index in [-0.39, 0.29) is 28.3 Å². The molecule has 198 valence electrons. The number of likely N-dealkylation sites (tertiary alicyclic amines) is 1. The number of hydrogen-bond acceptors (Lipinski definition) is 8. The van der Waals surface area contributed by atoms with Gasteiger partial charge in [0.2, 0.25) is 0 Å². The van der Waals surface area contributed by atoms with Gasteiger partial charge in [-0.2, -0.15) is 0 Å². The van der Waals surface area contributed by atoms with Crippen molar-refractivity contribution in [3.63, 3.8) is 0 Å². The van der Waals surface area contributed by atoms with Crippen LogP contribution in [0.2, 0.25) is 0 Å². The molecule has 2 aromatic carbocycles. The lowest BCUT2D eigenvalue weighted by atomic mass is 10.00. The second-order valence-corrected chi connectivity index (χ2v) is 11.2. The van der Waals surface area contributed by atoms with Crippen molar-refractivity contribution >= 4 is 15.7 Å². The topological polar surface area (TPSA) is 111 Å². The smallest absolute Gasteiger partial charge is 0.273 e. The highest BCUT2D eigenvalue weighted by molar-refractivity contribution is 7.91. The Balaban J connectivity index is 1.51. The Morgan fingerprint density at radius 1 is 1.05 bits per heavy atom. The second kappa shape index (κ2) is 11.8. The Morgan fingerprint density at radius 2 is 1.78 bits per heavy atom. The predicted octanol–water partition coefficient (Wildman–Crippen LogP) is 4.11. The molecular formula is C27H33N3O6S. The minimum atomic E-state index is -3.29. The Hall–Kier alpha value is -3.37. The SMILES string of the molecule is CCS(=O)(=O)c1ccc(-c2cc(C(=O)NCC(c3cc(OC)ccc3OC)N3CCCCC3)no2)cc1. The largest absolute Gasteiger partial charge is 0.497 e.